The van der Waals surface area contributed by atoms with E-state index >= 15 is 0 Å². The van der Waals surface area contributed by atoms with Crippen molar-refractivity contribution in [2.45, 2.75) is 90.4 Å². The molecule has 0 aliphatic rings. The van der Waals surface area contributed by atoms with Crippen molar-refractivity contribution in [2.24, 2.45) is 0 Å². The quantitative estimate of drug-likeness (QED) is 0.323. The van der Waals surface area contributed by atoms with E-state index in [1.807, 2.05) is 6.08 Å². The van der Waals surface area contributed by atoms with Crippen LogP contribution in [0.2, 0.25) is 0 Å². The Morgan fingerprint density at radius 1 is 0.773 bits per heavy atom. The number of rotatable bonds is 15. The predicted octanol–water partition coefficient (Wildman–Crippen LogP) is 5.17. The van der Waals surface area contributed by atoms with Crippen molar-refractivity contribution in [1.82, 2.24) is 0 Å². The van der Waals surface area contributed by atoms with E-state index in [-0.39, 0.29) is 6.42 Å². The molecule has 0 unspecified atom stereocenters. The zero-order valence-electron chi connectivity index (χ0n) is 14.0. The van der Waals surface area contributed by atoms with Crippen molar-refractivity contribution < 1.29 is 19.8 Å². The van der Waals surface area contributed by atoms with E-state index in [0.717, 1.165) is 19.3 Å². The Hall–Kier alpha value is -1.32. The first kappa shape index (κ1) is 20.7. The van der Waals surface area contributed by atoms with Crippen LogP contribution in [-0.2, 0) is 9.59 Å². The fourth-order valence-corrected chi connectivity index (χ4v) is 2.44. The number of aliphatic carboxylic acids is 2. The normalized spacial score (nSPS) is 11.6. The van der Waals surface area contributed by atoms with Crippen LogP contribution in [0.5, 0.6) is 0 Å². The molecule has 0 fully saturated rings. The van der Waals surface area contributed by atoms with E-state index in [4.69, 9.17) is 10.2 Å². The number of allylic oxidation sites excluding steroid dienone is 1. The standard InChI is InChI=1S/C18H32O4/c1-2-3-4-5-6-7-8-9-10-13-16(18(21)22)14-11-12-15-17(19)20/h13H,2-12,14-15H2,1H3,(H,19,20)(H,21,22). The molecule has 2 N–H and O–H groups in total. The van der Waals surface area contributed by atoms with Crippen LogP contribution in [0.25, 0.3) is 0 Å². The molecule has 0 aliphatic carbocycles. The Balaban J connectivity index is 3.70. The molecule has 0 saturated carbocycles. The third-order valence-electron chi connectivity index (χ3n) is 3.81. The fraction of sp³-hybridized carbons (Fsp3) is 0.778. The monoisotopic (exact) mass is 312 g/mol. The van der Waals surface area contributed by atoms with Gasteiger partial charge in [-0.25, -0.2) is 4.79 Å². The lowest BCUT2D eigenvalue weighted by atomic mass is 10.0. The third kappa shape index (κ3) is 13.7. The highest BCUT2D eigenvalue weighted by molar-refractivity contribution is 5.86. The molecule has 0 aromatic heterocycles. The molecule has 4 nitrogen and oxygen atoms in total. The molecule has 0 bridgehead atoms. The van der Waals surface area contributed by atoms with Gasteiger partial charge in [0, 0.05) is 12.0 Å². The van der Waals surface area contributed by atoms with Crippen LogP contribution in [0.3, 0.4) is 0 Å². The van der Waals surface area contributed by atoms with Gasteiger partial charge in [-0.1, -0.05) is 57.9 Å². The lowest BCUT2D eigenvalue weighted by Crippen LogP contribution is -2.01. The summed E-state index contributed by atoms with van der Waals surface area (Å²) < 4.78 is 0. The molecule has 0 saturated heterocycles. The molecule has 0 amide bonds. The van der Waals surface area contributed by atoms with Crippen molar-refractivity contribution in [2.75, 3.05) is 0 Å². The summed E-state index contributed by atoms with van der Waals surface area (Å²) >= 11 is 0. The topological polar surface area (TPSA) is 74.6 Å². The minimum Gasteiger partial charge on any atom is -0.481 e. The summed E-state index contributed by atoms with van der Waals surface area (Å²) in [5, 5.41) is 17.7. The van der Waals surface area contributed by atoms with Crippen molar-refractivity contribution in [3.63, 3.8) is 0 Å². The molecule has 0 spiro atoms. The fourth-order valence-electron chi connectivity index (χ4n) is 2.44. The molecule has 0 atom stereocenters. The molecule has 0 heterocycles. The zero-order valence-corrected chi connectivity index (χ0v) is 14.0. The summed E-state index contributed by atoms with van der Waals surface area (Å²) in [6.45, 7) is 2.22. The first-order valence-corrected chi connectivity index (χ1v) is 8.72. The molecule has 0 rings (SSSR count). The number of carboxylic acid groups (broad SMARTS) is 2. The van der Waals surface area contributed by atoms with Crippen LogP contribution in [0, 0.1) is 0 Å². The SMILES string of the molecule is CCCCCCCCCCC=C(CCCCC(=O)O)C(=O)O. The average Bonchev–Trinajstić information content (AvgIpc) is 2.47. The van der Waals surface area contributed by atoms with E-state index in [1.165, 1.54) is 38.5 Å². The molecular formula is C18H32O4. The van der Waals surface area contributed by atoms with Crippen molar-refractivity contribution in [3.8, 4) is 0 Å². The van der Waals surface area contributed by atoms with Gasteiger partial charge in [-0.2, -0.15) is 0 Å². The van der Waals surface area contributed by atoms with Crippen molar-refractivity contribution in [1.29, 1.82) is 0 Å². The molecule has 0 radical (unpaired) electrons. The highest BCUT2D eigenvalue weighted by atomic mass is 16.4. The van der Waals surface area contributed by atoms with Gasteiger partial charge in [0.05, 0.1) is 0 Å². The van der Waals surface area contributed by atoms with Gasteiger partial charge in [0.15, 0.2) is 0 Å². The highest BCUT2D eigenvalue weighted by Gasteiger charge is 2.07. The second-order valence-corrected chi connectivity index (χ2v) is 5.90. The summed E-state index contributed by atoms with van der Waals surface area (Å²) in [6, 6.07) is 0. The number of hydrogen-bond acceptors (Lipinski definition) is 2. The predicted molar refractivity (Wildman–Crippen MR) is 89.0 cm³/mol. The Bertz CT molecular complexity index is 334. The molecule has 0 aliphatic heterocycles. The lowest BCUT2D eigenvalue weighted by Gasteiger charge is -2.03. The summed E-state index contributed by atoms with van der Waals surface area (Å²) in [4.78, 5) is 21.5. The van der Waals surface area contributed by atoms with Gasteiger partial charge in [-0.05, 0) is 32.1 Å². The van der Waals surface area contributed by atoms with Gasteiger partial charge in [0.2, 0.25) is 0 Å². The molecule has 0 aromatic carbocycles. The van der Waals surface area contributed by atoms with Gasteiger partial charge < -0.3 is 10.2 Å². The van der Waals surface area contributed by atoms with Crippen molar-refractivity contribution in [3.05, 3.63) is 11.6 Å². The minimum atomic E-state index is -0.866. The van der Waals surface area contributed by atoms with Gasteiger partial charge in [-0.15, -0.1) is 0 Å². The molecule has 22 heavy (non-hydrogen) atoms. The Morgan fingerprint density at radius 2 is 1.32 bits per heavy atom. The van der Waals surface area contributed by atoms with Gasteiger partial charge in [-0.3, -0.25) is 4.79 Å². The number of carboxylic acids is 2. The van der Waals surface area contributed by atoms with Crippen LogP contribution in [0.4, 0.5) is 0 Å². The Kier molecular flexibility index (Phi) is 13.7. The Labute approximate surface area is 134 Å². The minimum absolute atomic E-state index is 0.116. The first-order chi connectivity index (χ1) is 10.6. The number of carbonyl (C=O) groups is 2. The van der Waals surface area contributed by atoms with Crippen LogP contribution in [0.1, 0.15) is 90.4 Å². The van der Waals surface area contributed by atoms with E-state index in [2.05, 4.69) is 6.92 Å². The van der Waals surface area contributed by atoms with Crippen LogP contribution >= 0.6 is 0 Å². The number of unbranched alkanes of at least 4 members (excludes halogenated alkanes) is 9. The van der Waals surface area contributed by atoms with Crippen LogP contribution in [-0.4, -0.2) is 22.2 Å². The van der Waals surface area contributed by atoms with Crippen LogP contribution in [0.15, 0.2) is 11.6 Å². The molecular weight excluding hydrogens is 280 g/mol. The van der Waals surface area contributed by atoms with E-state index in [1.54, 1.807) is 0 Å². The summed E-state index contributed by atoms with van der Waals surface area (Å²) in [6.07, 6.45) is 14.3. The maximum atomic E-state index is 11.1. The van der Waals surface area contributed by atoms with Crippen LogP contribution < -0.4 is 0 Å². The maximum Gasteiger partial charge on any atom is 0.331 e. The lowest BCUT2D eigenvalue weighted by molar-refractivity contribution is -0.137. The molecule has 128 valence electrons. The van der Waals surface area contributed by atoms with E-state index < -0.39 is 11.9 Å². The summed E-state index contributed by atoms with van der Waals surface area (Å²) in [5.74, 6) is -1.69. The number of hydrogen-bond donors (Lipinski definition) is 2. The van der Waals surface area contributed by atoms with E-state index in [9.17, 15) is 9.59 Å². The van der Waals surface area contributed by atoms with Gasteiger partial charge >= 0.3 is 11.9 Å². The first-order valence-electron chi connectivity index (χ1n) is 8.72. The zero-order chi connectivity index (χ0) is 16.6. The average molecular weight is 312 g/mol. The summed E-state index contributed by atoms with van der Waals surface area (Å²) in [7, 11) is 0. The van der Waals surface area contributed by atoms with Gasteiger partial charge in [0.1, 0.15) is 0 Å². The molecule has 4 heteroatoms. The summed E-state index contributed by atoms with van der Waals surface area (Å²) in [5.41, 5.74) is 0.438. The molecule has 0 aromatic rings. The third-order valence-corrected chi connectivity index (χ3v) is 3.81. The maximum absolute atomic E-state index is 11.1. The van der Waals surface area contributed by atoms with E-state index in [0.29, 0.717) is 24.8 Å². The second-order valence-electron chi connectivity index (χ2n) is 5.90. The largest absolute Gasteiger partial charge is 0.481 e. The highest BCUT2D eigenvalue weighted by Crippen LogP contribution is 2.14. The second kappa shape index (κ2) is 14.6. The smallest absolute Gasteiger partial charge is 0.331 e. The Morgan fingerprint density at radius 3 is 1.86 bits per heavy atom. The van der Waals surface area contributed by atoms with Crippen molar-refractivity contribution >= 4 is 11.9 Å². The van der Waals surface area contributed by atoms with Gasteiger partial charge in [0.25, 0.3) is 0 Å².